The molecule has 3 nitrogen and oxygen atoms in total. The summed E-state index contributed by atoms with van der Waals surface area (Å²) in [5.74, 6) is 0.173. The van der Waals surface area contributed by atoms with E-state index in [0.29, 0.717) is 18.5 Å². The van der Waals surface area contributed by atoms with Crippen molar-refractivity contribution < 1.29 is 4.79 Å². The van der Waals surface area contributed by atoms with Crippen molar-refractivity contribution in [3.63, 3.8) is 0 Å². The van der Waals surface area contributed by atoms with E-state index in [1.54, 1.807) is 0 Å². The lowest BCUT2D eigenvalue weighted by Crippen LogP contribution is -2.36. The van der Waals surface area contributed by atoms with E-state index in [-0.39, 0.29) is 5.91 Å². The summed E-state index contributed by atoms with van der Waals surface area (Å²) >= 11 is 0. The third-order valence-corrected chi connectivity index (χ3v) is 3.78. The van der Waals surface area contributed by atoms with E-state index in [1.165, 1.54) is 30.4 Å². The highest BCUT2D eigenvalue weighted by Crippen LogP contribution is 2.30. The smallest absolute Gasteiger partial charge is 0.221 e. The van der Waals surface area contributed by atoms with Gasteiger partial charge in [-0.05, 0) is 30.4 Å². The van der Waals surface area contributed by atoms with E-state index in [4.69, 9.17) is 0 Å². The van der Waals surface area contributed by atoms with Gasteiger partial charge in [-0.15, -0.1) is 0 Å². The molecule has 2 unspecified atom stereocenters. The van der Waals surface area contributed by atoms with Crippen LogP contribution in [-0.2, 0) is 11.2 Å². The number of benzene rings is 1. The van der Waals surface area contributed by atoms with Gasteiger partial charge in [0.25, 0.3) is 0 Å². The molecule has 0 spiro atoms. The van der Waals surface area contributed by atoms with Crippen LogP contribution >= 0.6 is 0 Å². The Hall–Kier alpha value is -1.35. The molecule has 1 heterocycles. The zero-order valence-corrected chi connectivity index (χ0v) is 9.91. The molecule has 2 atom stereocenters. The van der Waals surface area contributed by atoms with Crippen LogP contribution in [0.5, 0.6) is 0 Å². The molecule has 1 aliphatic heterocycles. The minimum atomic E-state index is 0.173. The van der Waals surface area contributed by atoms with Gasteiger partial charge in [0, 0.05) is 25.0 Å². The molecule has 1 amide bonds. The van der Waals surface area contributed by atoms with E-state index in [2.05, 4.69) is 34.9 Å². The highest BCUT2D eigenvalue weighted by molar-refractivity contribution is 5.78. The molecule has 0 saturated carbocycles. The molecule has 3 heteroatoms. The molecular formula is C14H18N2O. The number of fused-ring (bicyclic) bond motifs is 1. The normalized spacial score (nSPS) is 27.6. The Morgan fingerprint density at radius 2 is 2.18 bits per heavy atom. The summed E-state index contributed by atoms with van der Waals surface area (Å²) in [5, 5.41) is 6.50. The average Bonchev–Trinajstić information content (AvgIpc) is 2.75. The van der Waals surface area contributed by atoms with Crippen LogP contribution in [0.3, 0.4) is 0 Å². The predicted octanol–water partition coefficient (Wildman–Crippen LogP) is 1.54. The van der Waals surface area contributed by atoms with Gasteiger partial charge < -0.3 is 10.6 Å². The highest BCUT2D eigenvalue weighted by Gasteiger charge is 2.26. The Labute approximate surface area is 102 Å². The molecule has 1 saturated heterocycles. The molecule has 1 aliphatic carbocycles. The number of hydrogen-bond acceptors (Lipinski definition) is 2. The lowest BCUT2D eigenvalue weighted by atomic mass is 9.87. The van der Waals surface area contributed by atoms with Crippen LogP contribution in [0.2, 0.25) is 0 Å². The first-order chi connectivity index (χ1) is 8.33. The molecule has 2 N–H and O–H groups in total. The highest BCUT2D eigenvalue weighted by atomic mass is 16.1. The first-order valence-electron chi connectivity index (χ1n) is 6.43. The second-order valence-electron chi connectivity index (χ2n) is 5.02. The minimum absolute atomic E-state index is 0.173. The van der Waals surface area contributed by atoms with Crippen molar-refractivity contribution in [1.29, 1.82) is 0 Å². The van der Waals surface area contributed by atoms with Crippen LogP contribution in [0.25, 0.3) is 0 Å². The Balaban J connectivity index is 1.74. The van der Waals surface area contributed by atoms with Crippen molar-refractivity contribution in [3.05, 3.63) is 35.4 Å². The second kappa shape index (κ2) is 4.49. The van der Waals surface area contributed by atoms with Crippen molar-refractivity contribution in [2.45, 2.75) is 37.8 Å². The monoisotopic (exact) mass is 230 g/mol. The van der Waals surface area contributed by atoms with Crippen LogP contribution in [0, 0.1) is 0 Å². The maximum absolute atomic E-state index is 11.2. The summed E-state index contributed by atoms with van der Waals surface area (Å²) in [6.07, 6.45) is 4.24. The van der Waals surface area contributed by atoms with Crippen LogP contribution in [0.4, 0.5) is 0 Å². The maximum atomic E-state index is 11.2. The quantitative estimate of drug-likeness (QED) is 0.809. The molecule has 17 heavy (non-hydrogen) atoms. The van der Waals surface area contributed by atoms with Crippen LogP contribution in [0.15, 0.2) is 24.3 Å². The number of hydrogen-bond donors (Lipinski definition) is 2. The predicted molar refractivity (Wildman–Crippen MR) is 66.7 cm³/mol. The summed E-state index contributed by atoms with van der Waals surface area (Å²) in [6, 6.07) is 9.40. The first kappa shape index (κ1) is 10.8. The summed E-state index contributed by atoms with van der Waals surface area (Å²) in [4.78, 5) is 11.2. The fourth-order valence-corrected chi connectivity index (χ4v) is 2.93. The largest absolute Gasteiger partial charge is 0.354 e. The standard InChI is InChI=1S/C14H18N2O/c17-14-8-11(9-15-14)16-13-7-3-5-10-4-1-2-6-12(10)13/h1-2,4,6,11,13,16H,3,5,7-9H2,(H,15,17). The van der Waals surface area contributed by atoms with Gasteiger partial charge in [0.15, 0.2) is 0 Å². The fourth-order valence-electron chi connectivity index (χ4n) is 2.93. The van der Waals surface area contributed by atoms with Gasteiger partial charge in [-0.1, -0.05) is 24.3 Å². The third-order valence-electron chi connectivity index (χ3n) is 3.78. The van der Waals surface area contributed by atoms with Gasteiger partial charge in [0.05, 0.1) is 0 Å². The van der Waals surface area contributed by atoms with E-state index in [1.807, 2.05) is 0 Å². The Morgan fingerprint density at radius 3 is 3.00 bits per heavy atom. The third kappa shape index (κ3) is 2.20. The number of nitrogens with one attached hydrogen (secondary N) is 2. The summed E-state index contributed by atoms with van der Waals surface area (Å²) in [6.45, 7) is 0.775. The molecule has 2 aliphatic rings. The van der Waals surface area contributed by atoms with Gasteiger partial charge in [-0.25, -0.2) is 0 Å². The van der Waals surface area contributed by atoms with E-state index >= 15 is 0 Å². The zero-order valence-electron chi connectivity index (χ0n) is 9.91. The average molecular weight is 230 g/mol. The molecule has 1 aromatic rings. The topological polar surface area (TPSA) is 41.1 Å². The number of rotatable bonds is 2. The van der Waals surface area contributed by atoms with Crippen LogP contribution < -0.4 is 10.6 Å². The van der Waals surface area contributed by atoms with E-state index in [9.17, 15) is 4.79 Å². The van der Waals surface area contributed by atoms with Crippen molar-refractivity contribution >= 4 is 5.91 Å². The number of aryl methyl sites for hydroxylation is 1. The zero-order chi connectivity index (χ0) is 11.7. The van der Waals surface area contributed by atoms with E-state index in [0.717, 1.165) is 6.54 Å². The van der Waals surface area contributed by atoms with Gasteiger partial charge in [0.1, 0.15) is 0 Å². The Bertz CT molecular complexity index is 430. The molecule has 3 rings (SSSR count). The molecule has 0 radical (unpaired) electrons. The molecule has 0 bridgehead atoms. The van der Waals surface area contributed by atoms with Crippen molar-refractivity contribution in [3.8, 4) is 0 Å². The summed E-state index contributed by atoms with van der Waals surface area (Å²) in [5.41, 5.74) is 2.90. The Kier molecular flexibility index (Phi) is 2.85. The first-order valence-corrected chi connectivity index (χ1v) is 6.43. The number of carbonyl (C=O) groups excluding carboxylic acids is 1. The fraction of sp³-hybridized carbons (Fsp3) is 0.500. The molecule has 90 valence electrons. The lowest BCUT2D eigenvalue weighted by molar-refractivity contribution is -0.119. The summed E-state index contributed by atoms with van der Waals surface area (Å²) < 4.78 is 0. The minimum Gasteiger partial charge on any atom is -0.354 e. The van der Waals surface area contributed by atoms with Gasteiger partial charge in [-0.3, -0.25) is 4.79 Å². The number of carbonyl (C=O) groups is 1. The van der Waals surface area contributed by atoms with Crippen molar-refractivity contribution in [2.75, 3.05) is 6.54 Å². The van der Waals surface area contributed by atoms with Gasteiger partial charge in [-0.2, -0.15) is 0 Å². The van der Waals surface area contributed by atoms with Gasteiger partial charge >= 0.3 is 0 Å². The second-order valence-corrected chi connectivity index (χ2v) is 5.02. The lowest BCUT2D eigenvalue weighted by Gasteiger charge is -2.28. The SMILES string of the molecule is O=C1CC(NC2CCCc3ccccc32)CN1. The Morgan fingerprint density at radius 1 is 1.29 bits per heavy atom. The molecular weight excluding hydrogens is 212 g/mol. The molecule has 0 aromatic heterocycles. The van der Waals surface area contributed by atoms with Crippen molar-refractivity contribution in [1.82, 2.24) is 10.6 Å². The van der Waals surface area contributed by atoms with E-state index < -0.39 is 0 Å². The van der Waals surface area contributed by atoms with Crippen LogP contribution in [-0.4, -0.2) is 18.5 Å². The summed E-state index contributed by atoms with van der Waals surface area (Å²) in [7, 11) is 0. The van der Waals surface area contributed by atoms with Crippen molar-refractivity contribution in [2.24, 2.45) is 0 Å². The van der Waals surface area contributed by atoms with Crippen LogP contribution in [0.1, 0.15) is 36.4 Å². The number of amides is 1. The molecule has 1 fully saturated rings. The molecule has 1 aromatic carbocycles. The maximum Gasteiger partial charge on any atom is 0.221 e. The van der Waals surface area contributed by atoms with Gasteiger partial charge in [0.2, 0.25) is 5.91 Å².